The van der Waals surface area contributed by atoms with E-state index in [1.54, 1.807) is 30.0 Å². The van der Waals surface area contributed by atoms with Gasteiger partial charge in [-0.3, -0.25) is 0 Å². The number of aliphatic hydroxyl groups excluding tert-OH is 1. The Labute approximate surface area is 157 Å². The average Bonchev–Trinajstić information content (AvgIpc) is 2.91. The quantitative estimate of drug-likeness (QED) is 0.732. The molecule has 26 heavy (non-hydrogen) atoms. The van der Waals surface area contributed by atoms with E-state index in [4.69, 9.17) is 9.47 Å². The first-order chi connectivity index (χ1) is 12.5. The van der Waals surface area contributed by atoms with Gasteiger partial charge in [-0.2, -0.15) is 0 Å². The van der Waals surface area contributed by atoms with Crippen molar-refractivity contribution in [3.8, 4) is 11.5 Å². The van der Waals surface area contributed by atoms with E-state index in [-0.39, 0.29) is 11.4 Å². The van der Waals surface area contributed by atoms with Crippen LogP contribution in [0, 0.1) is 0 Å². The van der Waals surface area contributed by atoms with Gasteiger partial charge in [0, 0.05) is 23.9 Å². The van der Waals surface area contributed by atoms with Crippen LogP contribution < -0.4 is 14.2 Å². The van der Waals surface area contributed by atoms with Crippen LogP contribution in [0.2, 0.25) is 0 Å². The van der Waals surface area contributed by atoms with Crippen LogP contribution in [0.15, 0.2) is 52.3 Å². The van der Waals surface area contributed by atoms with Gasteiger partial charge in [-0.05, 0) is 36.1 Å². The smallest absolute Gasteiger partial charge is 0.240 e. The Morgan fingerprint density at radius 2 is 1.81 bits per heavy atom. The van der Waals surface area contributed by atoms with Gasteiger partial charge >= 0.3 is 0 Å². The highest BCUT2D eigenvalue weighted by atomic mass is 32.2. The highest BCUT2D eigenvalue weighted by Gasteiger charge is 2.20. The van der Waals surface area contributed by atoms with Crippen LogP contribution in [-0.4, -0.2) is 39.5 Å². The molecule has 1 atom stereocenters. The number of thioether (sulfide) groups is 1. The van der Waals surface area contributed by atoms with Crippen molar-refractivity contribution in [1.82, 2.24) is 4.72 Å². The van der Waals surface area contributed by atoms with Crippen LogP contribution in [0.1, 0.15) is 18.1 Å². The number of hydrogen-bond acceptors (Lipinski definition) is 6. The summed E-state index contributed by atoms with van der Waals surface area (Å²) >= 11 is 1.60. The molecule has 0 spiro atoms. The van der Waals surface area contributed by atoms with Crippen molar-refractivity contribution < 1.29 is 23.0 Å². The number of benzene rings is 2. The predicted octanol–water partition coefficient (Wildman–Crippen LogP) is 2.58. The molecule has 0 aliphatic carbocycles. The van der Waals surface area contributed by atoms with Crippen LogP contribution >= 0.6 is 11.8 Å². The highest BCUT2D eigenvalue weighted by molar-refractivity contribution is 7.98. The summed E-state index contributed by atoms with van der Waals surface area (Å²) in [5.41, 5.74) is 0.657. The standard InChI is InChI=1S/C18H21NO5S2/c1-25-14-5-3-13(4-6-14)16(20)12-19-26(21,22)15-7-8-17-18(11-15)24-10-2-9-23-17/h3-8,11,16,19-20H,2,9-10,12H2,1H3. The van der Waals surface area contributed by atoms with Crippen molar-refractivity contribution in [1.29, 1.82) is 0 Å². The predicted molar refractivity (Wildman–Crippen MR) is 100 cm³/mol. The minimum Gasteiger partial charge on any atom is -0.490 e. The Bertz CT molecular complexity index is 852. The largest absolute Gasteiger partial charge is 0.490 e. The Morgan fingerprint density at radius 1 is 1.12 bits per heavy atom. The first-order valence-electron chi connectivity index (χ1n) is 8.21. The summed E-state index contributed by atoms with van der Waals surface area (Å²) in [6.07, 6.45) is 1.78. The van der Waals surface area contributed by atoms with E-state index < -0.39 is 16.1 Å². The maximum absolute atomic E-state index is 12.5. The zero-order valence-electron chi connectivity index (χ0n) is 14.3. The van der Waals surface area contributed by atoms with Gasteiger partial charge in [0.15, 0.2) is 11.5 Å². The minimum absolute atomic E-state index is 0.0756. The van der Waals surface area contributed by atoms with Gasteiger partial charge in [-0.15, -0.1) is 11.8 Å². The van der Waals surface area contributed by atoms with Crippen molar-refractivity contribution in [3.63, 3.8) is 0 Å². The van der Waals surface area contributed by atoms with Crippen molar-refractivity contribution in [2.75, 3.05) is 26.0 Å². The lowest BCUT2D eigenvalue weighted by Crippen LogP contribution is -2.28. The second kappa shape index (κ2) is 8.30. The number of rotatable bonds is 6. The molecule has 0 saturated carbocycles. The molecular formula is C18H21NO5S2. The van der Waals surface area contributed by atoms with Gasteiger partial charge in [0.25, 0.3) is 0 Å². The lowest BCUT2D eigenvalue weighted by atomic mass is 10.1. The molecule has 140 valence electrons. The molecule has 0 saturated heterocycles. The van der Waals surface area contributed by atoms with Crippen LogP contribution in [0.5, 0.6) is 11.5 Å². The first kappa shape index (κ1) is 19.0. The fraction of sp³-hybridized carbons (Fsp3) is 0.333. The minimum atomic E-state index is -3.77. The lowest BCUT2D eigenvalue weighted by Gasteiger charge is -2.14. The summed E-state index contributed by atoms with van der Waals surface area (Å²) in [5, 5.41) is 10.2. The average molecular weight is 396 g/mol. The van der Waals surface area contributed by atoms with Crippen LogP contribution in [-0.2, 0) is 10.0 Å². The molecule has 1 aliphatic rings. The van der Waals surface area contributed by atoms with Gasteiger partial charge in [-0.1, -0.05) is 12.1 Å². The number of fused-ring (bicyclic) bond motifs is 1. The molecule has 2 N–H and O–H groups in total. The molecule has 0 aromatic heterocycles. The second-order valence-electron chi connectivity index (χ2n) is 5.80. The van der Waals surface area contributed by atoms with Gasteiger partial charge in [-0.25, -0.2) is 13.1 Å². The third-order valence-corrected chi connectivity index (χ3v) is 6.16. The number of nitrogens with one attached hydrogen (secondary N) is 1. The molecule has 0 amide bonds. The highest BCUT2D eigenvalue weighted by Crippen LogP contribution is 2.32. The zero-order chi connectivity index (χ0) is 18.6. The molecule has 0 bridgehead atoms. The Kier molecular flexibility index (Phi) is 6.08. The summed E-state index contributed by atoms with van der Waals surface area (Å²) in [7, 11) is -3.77. The summed E-state index contributed by atoms with van der Waals surface area (Å²) in [5.74, 6) is 0.953. The molecule has 2 aromatic rings. The molecule has 1 heterocycles. The second-order valence-corrected chi connectivity index (χ2v) is 8.45. The summed E-state index contributed by atoms with van der Waals surface area (Å²) in [6, 6.07) is 11.9. The van der Waals surface area contributed by atoms with E-state index in [0.29, 0.717) is 30.3 Å². The normalized spacial score (nSPS) is 15.3. The molecule has 3 rings (SSSR count). The van der Waals surface area contributed by atoms with Gasteiger partial charge in [0.2, 0.25) is 10.0 Å². The maximum atomic E-state index is 12.5. The number of sulfonamides is 1. The van der Waals surface area contributed by atoms with E-state index in [2.05, 4.69) is 4.72 Å². The van der Waals surface area contributed by atoms with Crippen molar-refractivity contribution in [2.24, 2.45) is 0 Å². The fourth-order valence-electron chi connectivity index (χ4n) is 2.53. The summed E-state index contributed by atoms with van der Waals surface area (Å²) in [6.45, 7) is 0.906. The Balaban J connectivity index is 1.69. The summed E-state index contributed by atoms with van der Waals surface area (Å²) < 4.78 is 38.5. The van der Waals surface area contributed by atoms with Gasteiger partial charge < -0.3 is 14.6 Å². The van der Waals surface area contributed by atoms with Crippen molar-refractivity contribution >= 4 is 21.8 Å². The summed E-state index contributed by atoms with van der Waals surface area (Å²) in [4.78, 5) is 1.15. The fourth-order valence-corrected chi connectivity index (χ4v) is 3.99. The number of ether oxygens (including phenoxy) is 2. The number of hydrogen-bond donors (Lipinski definition) is 2. The first-order valence-corrected chi connectivity index (χ1v) is 10.9. The van der Waals surface area contributed by atoms with Crippen molar-refractivity contribution in [2.45, 2.75) is 22.3 Å². The third kappa shape index (κ3) is 4.50. The molecule has 0 fully saturated rings. The van der Waals surface area contributed by atoms with Gasteiger partial charge in [0.05, 0.1) is 24.2 Å². The van der Waals surface area contributed by atoms with E-state index in [1.807, 2.05) is 18.4 Å². The van der Waals surface area contributed by atoms with Crippen LogP contribution in [0.3, 0.4) is 0 Å². The molecule has 2 aromatic carbocycles. The Hall–Kier alpha value is -1.74. The SMILES string of the molecule is CSc1ccc(C(O)CNS(=O)(=O)c2ccc3c(c2)OCCCO3)cc1. The molecule has 1 unspecified atom stereocenters. The molecular weight excluding hydrogens is 374 g/mol. The molecule has 1 aliphatic heterocycles. The van der Waals surface area contributed by atoms with Crippen molar-refractivity contribution in [3.05, 3.63) is 48.0 Å². The lowest BCUT2D eigenvalue weighted by molar-refractivity contribution is 0.182. The maximum Gasteiger partial charge on any atom is 0.240 e. The third-order valence-electron chi connectivity index (χ3n) is 4.00. The van der Waals surface area contributed by atoms with E-state index in [0.717, 1.165) is 11.3 Å². The monoisotopic (exact) mass is 395 g/mol. The van der Waals surface area contributed by atoms with Crippen LogP contribution in [0.25, 0.3) is 0 Å². The molecule has 0 radical (unpaired) electrons. The van der Waals surface area contributed by atoms with E-state index in [9.17, 15) is 13.5 Å². The van der Waals surface area contributed by atoms with Crippen LogP contribution in [0.4, 0.5) is 0 Å². The zero-order valence-corrected chi connectivity index (χ0v) is 16.0. The number of aliphatic hydroxyl groups is 1. The topological polar surface area (TPSA) is 84.9 Å². The van der Waals surface area contributed by atoms with Gasteiger partial charge in [0.1, 0.15) is 0 Å². The molecule has 8 heteroatoms. The Morgan fingerprint density at radius 3 is 2.50 bits per heavy atom. The van der Waals surface area contributed by atoms with E-state index in [1.165, 1.54) is 12.1 Å². The van der Waals surface area contributed by atoms with E-state index >= 15 is 0 Å². The molecule has 6 nitrogen and oxygen atoms in total.